The summed E-state index contributed by atoms with van der Waals surface area (Å²) in [6.07, 6.45) is 0.163. The van der Waals surface area contributed by atoms with Crippen LogP contribution in [0.15, 0.2) is 41.6 Å². The minimum Gasteiger partial charge on any atom is -0.477 e. The molecule has 1 unspecified atom stereocenters. The Bertz CT molecular complexity index is 749. The van der Waals surface area contributed by atoms with Gasteiger partial charge in [0.15, 0.2) is 0 Å². The molecule has 0 spiro atoms. The van der Waals surface area contributed by atoms with Gasteiger partial charge in [0.1, 0.15) is 22.5 Å². The van der Waals surface area contributed by atoms with E-state index in [1.54, 1.807) is 6.92 Å². The second-order valence-electron chi connectivity index (χ2n) is 5.85. The van der Waals surface area contributed by atoms with Crippen LogP contribution in [0.3, 0.4) is 0 Å². The number of hydrogen-bond acceptors (Lipinski definition) is 5. The molecule has 2 heterocycles. The Morgan fingerprint density at radius 1 is 1.32 bits per heavy atom. The van der Waals surface area contributed by atoms with E-state index >= 15 is 0 Å². The Morgan fingerprint density at radius 2 is 2.00 bits per heavy atom. The van der Waals surface area contributed by atoms with Crippen molar-refractivity contribution in [1.82, 2.24) is 10.2 Å². The molecule has 3 atom stereocenters. The van der Waals surface area contributed by atoms with Gasteiger partial charge >= 0.3 is 5.97 Å². The van der Waals surface area contributed by atoms with Crippen molar-refractivity contribution < 1.29 is 24.2 Å². The smallest absolute Gasteiger partial charge is 0.352 e. The lowest BCUT2D eigenvalue weighted by Crippen LogP contribution is -2.71. The number of carbonyl (C=O) groups excluding carboxylic acids is 2. The van der Waals surface area contributed by atoms with Crippen LogP contribution in [-0.4, -0.2) is 51.8 Å². The summed E-state index contributed by atoms with van der Waals surface area (Å²) < 4.78 is 5.31. The summed E-state index contributed by atoms with van der Waals surface area (Å²) >= 11 is 1.32. The van der Waals surface area contributed by atoms with Gasteiger partial charge in [-0.05, 0) is 18.1 Å². The molecule has 2 amide bonds. The average Bonchev–Trinajstić information content (AvgIpc) is 2.60. The molecule has 0 aromatic heterocycles. The minimum atomic E-state index is -1.17. The van der Waals surface area contributed by atoms with Gasteiger partial charge in [-0.1, -0.05) is 42.1 Å². The first-order chi connectivity index (χ1) is 11.9. The molecule has 2 aliphatic rings. The van der Waals surface area contributed by atoms with E-state index in [1.165, 1.54) is 23.8 Å². The topological polar surface area (TPSA) is 95.9 Å². The molecule has 1 fully saturated rings. The third-order valence-electron chi connectivity index (χ3n) is 4.21. The number of carboxylic acids is 1. The lowest BCUT2D eigenvalue weighted by atomic mass is 10.0. The lowest BCUT2D eigenvalue weighted by molar-refractivity contribution is -0.151. The summed E-state index contributed by atoms with van der Waals surface area (Å²) in [5, 5.41) is 11.7. The Hall–Kier alpha value is -2.32. The number of methoxy groups -OCH3 is 1. The van der Waals surface area contributed by atoms with E-state index in [-0.39, 0.29) is 18.0 Å². The highest BCUT2D eigenvalue weighted by atomic mass is 32.2. The van der Waals surface area contributed by atoms with Crippen molar-refractivity contribution in [2.45, 2.75) is 30.2 Å². The third kappa shape index (κ3) is 3.14. The number of benzene rings is 1. The molecule has 1 aromatic rings. The van der Waals surface area contributed by atoms with Crippen LogP contribution in [0.2, 0.25) is 0 Å². The molecule has 7 nitrogen and oxygen atoms in total. The first-order valence-electron chi connectivity index (χ1n) is 7.72. The summed E-state index contributed by atoms with van der Waals surface area (Å²) in [5.41, 5.74) is 0.804. The maximum atomic E-state index is 12.4. The van der Waals surface area contributed by atoms with E-state index in [1.807, 2.05) is 30.3 Å². The summed E-state index contributed by atoms with van der Waals surface area (Å²) in [4.78, 5) is 37.4. The summed E-state index contributed by atoms with van der Waals surface area (Å²) in [7, 11) is 1.49. The van der Waals surface area contributed by atoms with Crippen molar-refractivity contribution >= 4 is 29.5 Å². The van der Waals surface area contributed by atoms with E-state index in [0.717, 1.165) is 5.56 Å². The SMILES string of the molecule is CO[C@H]1S[C@H]2C(NC(=O)Cc3ccccc3)C(=O)N2C(C(=O)O)=C1C. The van der Waals surface area contributed by atoms with Crippen LogP contribution >= 0.6 is 11.8 Å². The predicted octanol–water partition coefficient (Wildman–Crippen LogP) is 0.960. The molecule has 0 radical (unpaired) electrons. The Kier molecular flexibility index (Phi) is 4.82. The van der Waals surface area contributed by atoms with E-state index in [4.69, 9.17) is 4.74 Å². The number of thioether (sulfide) groups is 1. The van der Waals surface area contributed by atoms with E-state index in [9.17, 15) is 19.5 Å². The molecule has 0 aliphatic carbocycles. The number of β-lactam (4-membered cyclic amide) rings is 1. The van der Waals surface area contributed by atoms with Gasteiger partial charge in [-0.25, -0.2) is 4.79 Å². The Morgan fingerprint density at radius 3 is 2.60 bits per heavy atom. The average molecular weight is 362 g/mol. The highest BCUT2D eigenvalue weighted by Crippen LogP contribution is 2.44. The van der Waals surface area contributed by atoms with Crippen LogP contribution < -0.4 is 5.32 Å². The number of aliphatic carboxylic acids is 1. The van der Waals surface area contributed by atoms with Gasteiger partial charge in [0.2, 0.25) is 5.91 Å². The first kappa shape index (κ1) is 17.5. The van der Waals surface area contributed by atoms with Gasteiger partial charge in [0.05, 0.1) is 6.42 Å². The molecule has 2 aliphatic heterocycles. The van der Waals surface area contributed by atoms with Crippen LogP contribution in [0.1, 0.15) is 12.5 Å². The summed E-state index contributed by atoms with van der Waals surface area (Å²) in [6.45, 7) is 1.63. The number of carboxylic acid groups (broad SMARTS) is 1. The largest absolute Gasteiger partial charge is 0.477 e. The Balaban J connectivity index is 1.73. The standard InChI is InChI=1S/C17H18N2O5S/c1-9-13(16(22)23)19-14(21)12(15(19)25-17(9)24-2)18-11(20)8-10-6-4-3-5-7-10/h3-7,12,15,17H,8H2,1-2H3,(H,18,20)(H,22,23)/t12?,15-,17-/m0/s1. The normalized spacial score (nSPS) is 25.3. The number of rotatable bonds is 5. The van der Waals surface area contributed by atoms with Gasteiger partial charge in [-0.2, -0.15) is 0 Å². The number of nitrogens with one attached hydrogen (secondary N) is 1. The molecule has 1 saturated heterocycles. The van der Waals surface area contributed by atoms with Crippen molar-refractivity contribution in [2.24, 2.45) is 0 Å². The summed E-state index contributed by atoms with van der Waals surface area (Å²) in [5.74, 6) is -1.86. The van der Waals surface area contributed by atoms with E-state index < -0.39 is 28.7 Å². The molecule has 0 bridgehead atoms. The highest BCUT2D eigenvalue weighted by Gasteiger charge is 2.55. The van der Waals surface area contributed by atoms with Gasteiger partial charge in [-0.15, -0.1) is 0 Å². The number of amides is 2. The third-order valence-corrected chi connectivity index (χ3v) is 5.77. The second-order valence-corrected chi connectivity index (χ2v) is 7.03. The molecule has 132 valence electrons. The fourth-order valence-electron chi connectivity index (χ4n) is 3.01. The van der Waals surface area contributed by atoms with Gasteiger partial charge in [-0.3, -0.25) is 14.5 Å². The quantitative estimate of drug-likeness (QED) is 0.758. The summed E-state index contributed by atoms with van der Waals surface area (Å²) in [6, 6.07) is 8.46. The Labute approximate surface area is 149 Å². The monoisotopic (exact) mass is 362 g/mol. The van der Waals surface area contributed by atoms with Crippen molar-refractivity contribution in [3.8, 4) is 0 Å². The van der Waals surface area contributed by atoms with Crippen LogP contribution in [0, 0.1) is 0 Å². The molecule has 0 saturated carbocycles. The van der Waals surface area contributed by atoms with Crippen LogP contribution in [0.5, 0.6) is 0 Å². The zero-order valence-corrected chi connectivity index (χ0v) is 14.6. The second kappa shape index (κ2) is 6.89. The molecule has 3 rings (SSSR count). The van der Waals surface area contributed by atoms with Gasteiger partial charge in [0, 0.05) is 7.11 Å². The van der Waals surface area contributed by atoms with Crippen molar-refractivity contribution in [2.75, 3.05) is 7.11 Å². The fourth-order valence-corrected chi connectivity index (χ4v) is 4.37. The van der Waals surface area contributed by atoms with Crippen LogP contribution in [0.4, 0.5) is 0 Å². The van der Waals surface area contributed by atoms with E-state index in [2.05, 4.69) is 5.32 Å². The maximum absolute atomic E-state index is 12.4. The molecule has 25 heavy (non-hydrogen) atoms. The molecular weight excluding hydrogens is 344 g/mol. The zero-order chi connectivity index (χ0) is 18.1. The fraction of sp³-hybridized carbons (Fsp3) is 0.353. The lowest BCUT2D eigenvalue weighted by Gasteiger charge is -2.50. The van der Waals surface area contributed by atoms with Crippen LogP contribution in [-0.2, 0) is 25.5 Å². The number of nitrogens with zero attached hydrogens (tertiary/aromatic N) is 1. The first-order valence-corrected chi connectivity index (χ1v) is 8.67. The number of carbonyl (C=O) groups is 3. The van der Waals surface area contributed by atoms with Gasteiger partial charge < -0.3 is 15.2 Å². The number of fused-ring (bicyclic) bond motifs is 1. The maximum Gasteiger partial charge on any atom is 0.352 e. The van der Waals surface area contributed by atoms with Crippen LogP contribution in [0.25, 0.3) is 0 Å². The van der Waals surface area contributed by atoms with Gasteiger partial charge in [0.25, 0.3) is 5.91 Å². The zero-order valence-electron chi connectivity index (χ0n) is 13.8. The minimum absolute atomic E-state index is 0.0610. The molecular formula is C17H18N2O5S. The molecule has 2 N–H and O–H groups in total. The predicted molar refractivity (Wildman–Crippen MR) is 91.4 cm³/mol. The molecule has 1 aromatic carbocycles. The van der Waals surface area contributed by atoms with E-state index in [0.29, 0.717) is 5.57 Å². The number of hydrogen-bond donors (Lipinski definition) is 2. The highest BCUT2D eigenvalue weighted by molar-refractivity contribution is 8.00. The number of ether oxygens (including phenoxy) is 1. The van der Waals surface area contributed by atoms with Crippen molar-refractivity contribution in [3.63, 3.8) is 0 Å². The molecule has 8 heteroatoms. The van der Waals surface area contributed by atoms with Crippen molar-refractivity contribution in [1.29, 1.82) is 0 Å². The van der Waals surface area contributed by atoms with Crippen molar-refractivity contribution in [3.05, 3.63) is 47.2 Å².